The average Bonchev–Trinajstić information content (AvgIpc) is 2.78. The molecule has 0 aromatic rings. The minimum absolute atomic E-state index is 0.163. The summed E-state index contributed by atoms with van der Waals surface area (Å²) in [5, 5.41) is 14.6. The first-order valence-electron chi connectivity index (χ1n) is 6.21. The predicted octanol–water partition coefficient (Wildman–Crippen LogP) is 1.21. The molecule has 0 saturated carbocycles. The van der Waals surface area contributed by atoms with Crippen LogP contribution in [0, 0.1) is 5.92 Å². The molecule has 2 amide bonds. The Labute approximate surface area is 110 Å². The summed E-state index contributed by atoms with van der Waals surface area (Å²) in [7, 11) is 0. The van der Waals surface area contributed by atoms with Crippen molar-refractivity contribution in [1.82, 2.24) is 10.6 Å². The summed E-state index contributed by atoms with van der Waals surface area (Å²) < 4.78 is 0. The number of urea groups is 1. The quantitative estimate of drug-likeness (QED) is 0.674. The number of thioether (sulfide) groups is 1. The number of hydrogen-bond donors (Lipinski definition) is 3. The van der Waals surface area contributed by atoms with Crippen LogP contribution in [0.1, 0.15) is 19.3 Å². The Hall–Kier alpha value is -1.17. The van der Waals surface area contributed by atoms with Crippen LogP contribution in [0.15, 0.2) is 12.2 Å². The predicted molar refractivity (Wildman–Crippen MR) is 70.7 cm³/mol. The van der Waals surface area contributed by atoms with Crippen molar-refractivity contribution < 1.29 is 14.7 Å². The molecular formula is C12H18N2O3S. The molecule has 3 N–H and O–H groups in total. The topological polar surface area (TPSA) is 78.4 Å². The van der Waals surface area contributed by atoms with Crippen LogP contribution in [0.4, 0.5) is 4.79 Å². The highest BCUT2D eigenvalue weighted by molar-refractivity contribution is 7.99. The Balaban J connectivity index is 1.72. The molecule has 6 heteroatoms. The van der Waals surface area contributed by atoms with Crippen LogP contribution >= 0.6 is 11.8 Å². The Kier molecular flexibility index (Phi) is 4.52. The maximum Gasteiger partial charge on any atom is 0.315 e. The second-order valence-electron chi connectivity index (χ2n) is 4.68. The molecule has 2 atom stereocenters. The molecule has 2 unspecified atom stereocenters. The first kappa shape index (κ1) is 13.3. The Morgan fingerprint density at radius 1 is 1.17 bits per heavy atom. The molecule has 0 bridgehead atoms. The van der Waals surface area contributed by atoms with Gasteiger partial charge in [-0.1, -0.05) is 12.2 Å². The molecule has 1 heterocycles. The second kappa shape index (κ2) is 6.13. The van der Waals surface area contributed by atoms with Crippen molar-refractivity contribution in [1.29, 1.82) is 0 Å². The highest BCUT2D eigenvalue weighted by atomic mass is 32.2. The standard InChI is InChI=1S/C12H18N2O3S/c15-11(16)8-1-2-10(7-8)14-12(17)13-9-3-5-18-6-4-9/h1-2,8-10H,3-7H2,(H,15,16)(H2,13,14,17). The van der Waals surface area contributed by atoms with Gasteiger partial charge in [-0.2, -0.15) is 11.8 Å². The van der Waals surface area contributed by atoms with Crippen molar-refractivity contribution in [2.24, 2.45) is 5.92 Å². The Bertz CT molecular complexity index is 353. The van der Waals surface area contributed by atoms with Crippen molar-refractivity contribution in [3.63, 3.8) is 0 Å². The summed E-state index contributed by atoms with van der Waals surface area (Å²) in [4.78, 5) is 22.5. The molecular weight excluding hydrogens is 252 g/mol. The van der Waals surface area contributed by atoms with Crippen LogP contribution in [-0.2, 0) is 4.79 Å². The maximum atomic E-state index is 11.7. The fourth-order valence-electron chi connectivity index (χ4n) is 2.23. The molecule has 0 aromatic carbocycles. The number of hydrogen-bond acceptors (Lipinski definition) is 3. The van der Waals surface area contributed by atoms with E-state index in [1.165, 1.54) is 0 Å². The number of carboxylic acid groups (broad SMARTS) is 1. The van der Waals surface area contributed by atoms with Gasteiger partial charge in [-0.05, 0) is 30.8 Å². The van der Waals surface area contributed by atoms with Crippen LogP contribution in [0.25, 0.3) is 0 Å². The lowest BCUT2D eigenvalue weighted by Crippen LogP contribution is -2.46. The van der Waals surface area contributed by atoms with Crippen molar-refractivity contribution >= 4 is 23.8 Å². The zero-order chi connectivity index (χ0) is 13.0. The molecule has 1 aliphatic carbocycles. The van der Waals surface area contributed by atoms with Gasteiger partial charge in [0, 0.05) is 6.04 Å². The number of nitrogens with one attached hydrogen (secondary N) is 2. The van der Waals surface area contributed by atoms with E-state index in [4.69, 9.17) is 5.11 Å². The number of carboxylic acids is 1. The third kappa shape index (κ3) is 3.66. The minimum Gasteiger partial charge on any atom is -0.481 e. The Morgan fingerprint density at radius 3 is 2.50 bits per heavy atom. The maximum absolute atomic E-state index is 11.7. The summed E-state index contributed by atoms with van der Waals surface area (Å²) in [5.74, 6) is 0.881. The molecule has 1 fully saturated rings. The van der Waals surface area contributed by atoms with Gasteiger partial charge in [-0.3, -0.25) is 4.79 Å². The van der Waals surface area contributed by atoms with E-state index >= 15 is 0 Å². The van der Waals surface area contributed by atoms with Crippen molar-refractivity contribution in [2.45, 2.75) is 31.3 Å². The lowest BCUT2D eigenvalue weighted by molar-refractivity contribution is -0.140. The molecule has 1 saturated heterocycles. The van der Waals surface area contributed by atoms with Gasteiger partial charge in [0.15, 0.2) is 0 Å². The molecule has 100 valence electrons. The zero-order valence-corrected chi connectivity index (χ0v) is 10.9. The minimum atomic E-state index is -0.833. The summed E-state index contributed by atoms with van der Waals surface area (Å²) in [5.41, 5.74) is 0. The first-order chi connectivity index (χ1) is 8.65. The number of rotatable bonds is 3. The van der Waals surface area contributed by atoms with E-state index in [9.17, 15) is 9.59 Å². The molecule has 0 spiro atoms. The monoisotopic (exact) mass is 270 g/mol. The van der Waals surface area contributed by atoms with Crippen molar-refractivity contribution in [2.75, 3.05) is 11.5 Å². The largest absolute Gasteiger partial charge is 0.481 e. The first-order valence-corrected chi connectivity index (χ1v) is 7.36. The van der Waals surface area contributed by atoms with Crippen LogP contribution in [0.3, 0.4) is 0 Å². The van der Waals surface area contributed by atoms with Crippen LogP contribution in [0.2, 0.25) is 0 Å². The van der Waals surface area contributed by atoms with E-state index < -0.39 is 11.9 Å². The van der Waals surface area contributed by atoms with Gasteiger partial charge in [0.1, 0.15) is 0 Å². The Morgan fingerprint density at radius 2 is 1.89 bits per heavy atom. The number of aliphatic carboxylic acids is 1. The molecule has 2 rings (SSSR count). The summed E-state index contributed by atoms with van der Waals surface area (Å²) in [6, 6.07) is -0.0939. The molecule has 0 aromatic heterocycles. The van der Waals surface area contributed by atoms with Crippen LogP contribution in [-0.4, -0.2) is 40.7 Å². The van der Waals surface area contributed by atoms with Crippen molar-refractivity contribution in [3.05, 3.63) is 12.2 Å². The highest BCUT2D eigenvalue weighted by Crippen LogP contribution is 2.19. The third-order valence-corrected chi connectivity index (χ3v) is 4.32. The third-order valence-electron chi connectivity index (χ3n) is 3.27. The van der Waals surface area contributed by atoms with Gasteiger partial charge < -0.3 is 15.7 Å². The fraction of sp³-hybridized carbons (Fsp3) is 0.667. The molecule has 18 heavy (non-hydrogen) atoms. The second-order valence-corrected chi connectivity index (χ2v) is 5.90. The van der Waals surface area contributed by atoms with E-state index in [1.807, 2.05) is 11.8 Å². The van der Waals surface area contributed by atoms with Gasteiger partial charge >= 0.3 is 12.0 Å². The zero-order valence-electron chi connectivity index (χ0n) is 10.1. The van der Waals surface area contributed by atoms with E-state index in [0.717, 1.165) is 24.3 Å². The molecule has 0 radical (unpaired) electrons. The average molecular weight is 270 g/mol. The van der Waals surface area contributed by atoms with Gasteiger partial charge in [-0.15, -0.1) is 0 Å². The summed E-state index contributed by atoms with van der Waals surface area (Å²) in [6.45, 7) is 0. The summed E-state index contributed by atoms with van der Waals surface area (Å²) >= 11 is 1.91. The van der Waals surface area contributed by atoms with Gasteiger partial charge in [0.05, 0.1) is 12.0 Å². The SMILES string of the molecule is O=C(NC1C=CC(C(=O)O)C1)NC1CCSCC1. The number of amides is 2. The van der Waals surface area contributed by atoms with E-state index in [1.54, 1.807) is 12.2 Å². The van der Waals surface area contributed by atoms with Gasteiger partial charge in [0.2, 0.25) is 0 Å². The van der Waals surface area contributed by atoms with E-state index in [0.29, 0.717) is 6.42 Å². The van der Waals surface area contributed by atoms with E-state index in [2.05, 4.69) is 10.6 Å². The van der Waals surface area contributed by atoms with Crippen LogP contribution < -0.4 is 10.6 Å². The van der Waals surface area contributed by atoms with E-state index in [-0.39, 0.29) is 18.1 Å². The molecule has 1 aliphatic heterocycles. The lowest BCUT2D eigenvalue weighted by atomic mass is 10.1. The number of carbonyl (C=O) groups excluding carboxylic acids is 1. The fourth-order valence-corrected chi connectivity index (χ4v) is 3.33. The summed E-state index contributed by atoms with van der Waals surface area (Å²) in [6.07, 6.45) is 5.87. The van der Waals surface area contributed by atoms with Crippen LogP contribution in [0.5, 0.6) is 0 Å². The van der Waals surface area contributed by atoms with Crippen molar-refractivity contribution in [3.8, 4) is 0 Å². The molecule has 2 aliphatic rings. The normalized spacial score (nSPS) is 28.0. The number of carbonyl (C=O) groups is 2. The van der Waals surface area contributed by atoms with Gasteiger partial charge in [0.25, 0.3) is 0 Å². The lowest BCUT2D eigenvalue weighted by Gasteiger charge is -2.23. The smallest absolute Gasteiger partial charge is 0.315 e. The van der Waals surface area contributed by atoms with Gasteiger partial charge in [-0.25, -0.2) is 4.79 Å². The highest BCUT2D eigenvalue weighted by Gasteiger charge is 2.26. The molecule has 5 nitrogen and oxygen atoms in total.